The number of benzene rings is 3. The average molecular weight is 470 g/mol. The van der Waals surface area contributed by atoms with E-state index in [4.69, 9.17) is 11.6 Å². The van der Waals surface area contributed by atoms with Gasteiger partial charge >= 0.3 is 0 Å². The van der Waals surface area contributed by atoms with Gasteiger partial charge in [-0.1, -0.05) is 49.7 Å². The van der Waals surface area contributed by atoms with Crippen molar-refractivity contribution in [3.63, 3.8) is 0 Å². The number of aromatic nitrogens is 1. The maximum Gasteiger partial charge on any atom is 0.211 e. The number of rotatable bonds is 5. The summed E-state index contributed by atoms with van der Waals surface area (Å²) in [5.74, 6) is -0.370. The number of hydrogen-bond acceptors (Lipinski definition) is 3. The number of fused-ring (bicyclic) bond motifs is 1. The Labute approximate surface area is 190 Å². The maximum absolute atomic E-state index is 14.0. The highest BCUT2D eigenvalue weighted by molar-refractivity contribution is 7.91. The van der Waals surface area contributed by atoms with Crippen molar-refractivity contribution in [3.8, 4) is 0 Å². The second-order valence-corrected chi connectivity index (χ2v) is 10.3. The molecule has 0 spiro atoms. The first-order chi connectivity index (χ1) is 15.2. The highest BCUT2D eigenvalue weighted by Gasteiger charge is 2.24. The molecule has 3 aromatic carbocycles. The molecule has 164 valence electrons. The third-order valence-electron chi connectivity index (χ3n) is 5.40. The van der Waals surface area contributed by atoms with Gasteiger partial charge in [-0.05, 0) is 59.5 Å². The summed E-state index contributed by atoms with van der Waals surface area (Å²) in [5.41, 5.74) is 1.51. The number of sulfone groups is 1. The number of halogens is 2. The first kappa shape index (κ1) is 22.2. The van der Waals surface area contributed by atoms with Crippen LogP contribution in [-0.2, 0) is 16.4 Å². The third-order valence-corrected chi connectivity index (χ3v) is 7.40. The van der Waals surface area contributed by atoms with Crippen molar-refractivity contribution in [2.24, 2.45) is 0 Å². The van der Waals surface area contributed by atoms with Crippen molar-refractivity contribution >= 4 is 32.3 Å². The lowest BCUT2D eigenvalue weighted by Gasteiger charge is -2.15. The fourth-order valence-electron chi connectivity index (χ4n) is 3.66. The van der Waals surface area contributed by atoms with Crippen LogP contribution in [0.25, 0.3) is 10.9 Å². The average Bonchev–Trinajstić information content (AvgIpc) is 2.75. The second-order valence-electron chi connectivity index (χ2n) is 7.97. The van der Waals surface area contributed by atoms with Crippen LogP contribution < -0.4 is 5.43 Å². The standard InChI is InChI=1S/C25H21ClFNO3S/c1-16(2)18-6-9-21(10-7-18)32(30,31)24-15-28(14-17-4-3-5-19(26)12-17)23-11-8-20(27)13-22(23)25(24)29/h3-13,15-16H,14H2,1-2H3. The molecule has 32 heavy (non-hydrogen) atoms. The SMILES string of the molecule is CC(C)c1ccc(S(=O)(=O)c2cn(Cc3cccc(Cl)c3)c3ccc(F)cc3c2=O)cc1. The molecule has 0 bridgehead atoms. The van der Waals surface area contributed by atoms with Gasteiger partial charge in [0.1, 0.15) is 10.7 Å². The monoisotopic (exact) mass is 469 g/mol. The van der Waals surface area contributed by atoms with Crippen LogP contribution >= 0.6 is 11.6 Å². The van der Waals surface area contributed by atoms with Gasteiger partial charge in [0.25, 0.3) is 0 Å². The van der Waals surface area contributed by atoms with Gasteiger partial charge in [0.15, 0.2) is 0 Å². The van der Waals surface area contributed by atoms with Gasteiger partial charge in [-0.25, -0.2) is 12.8 Å². The number of hydrogen-bond donors (Lipinski definition) is 0. The Bertz CT molecular complexity index is 1480. The molecule has 4 rings (SSSR count). The Morgan fingerprint density at radius 2 is 1.72 bits per heavy atom. The van der Waals surface area contributed by atoms with Gasteiger partial charge < -0.3 is 4.57 Å². The summed E-state index contributed by atoms with van der Waals surface area (Å²) < 4.78 is 42.4. The van der Waals surface area contributed by atoms with Crippen LogP contribution in [0.15, 0.2) is 87.5 Å². The summed E-state index contributed by atoms with van der Waals surface area (Å²) in [6.45, 7) is 4.28. The van der Waals surface area contributed by atoms with E-state index in [-0.39, 0.29) is 22.7 Å². The maximum atomic E-state index is 14.0. The van der Waals surface area contributed by atoms with E-state index in [0.29, 0.717) is 10.5 Å². The molecular weight excluding hydrogens is 449 g/mol. The van der Waals surface area contributed by atoms with Gasteiger partial charge in [0, 0.05) is 23.2 Å². The van der Waals surface area contributed by atoms with Crippen LogP contribution in [0.3, 0.4) is 0 Å². The van der Waals surface area contributed by atoms with E-state index in [0.717, 1.165) is 17.2 Å². The molecule has 4 nitrogen and oxygen atoms in total. The highest BCUT2D eigenvalue weighted by Crippen LogP contribution is 2.25. The highest BCUT2D eigenvalue weighted by atomic mass is 35.5. The molecule has 0 radical (unpaired) electrons. The van der Waals surface area contributed by atoms with Gasteiger partial charge in [-0.3, -0.25) is 4.79 Å². The van der Waals surface area contributed by atoms with Crippen LogP contribution in [0, 0.1) is 5.82 Å². The van der Waals surface area contributed by atoms with Gasteiger partial charge in [-0.2, -0.15) is 0 Å². The Hall–Kier alpha value is -2.96. The lowest BCUT2D eigenvalue weighted by atomic mass is 10.0. The van der Waals surface area contributed by atoms with E-state index in [1.165, 1.54) is 30.5 Å². The minimum atomic E-state index is -4.12. The van der Waals surface area contributed by atoms with E-state index in [9.17, 15) is 17.6 Å². The normalized spacial score (nSPS) is 11.9. The van der Waals surface area contributed by atoms with Crippen molar-refractivity contribution in [3.05, 3.63) is 105 Å². The first-order valence-electron chi connectivity index (χ1n) is 10.1. The fraction of sp³-hybridized carbons (Fsp3) is 0.160. The van der Waals surface area contributed by atoms with Crippen LogP contribution in [-0.4, -0.2) is 13.0 Å². The minimum Gasteiger partial charge on any atom is -0.341 e. The molecule has 0 saturated carbocycles. The molecule has 0 amide bonds. The summed E-state index contributed by atoms with van der Waals surface area (Å²) in [5, 5.41) is 0.545. The lowest BCUT2D eigenvalue weighted by molar-refractivity contribution is 0.593. The summed E-state index contributed by atoms with van der Waals surface area (Å²) in [7, 11) is -4.12. The molecular formula is C25H21ClFNO3S. The molecule has 0 atom stereocenters. The number of pyridine rings is 1. The van der Waals surface area contributed by atoms with Crippen LogP contribution in [0.5, 0.6) is 0 Å². The third kappa shape index (κ3) is 4.20. The molecule has 0 saturated heterocycles. The van der Waals surface area contributed by atoms with E-state index >= 15 is 0 Å². The molecule has 0 aliphatic carbocycles. The van der Waals surface area contributed by atoms with Gasteiger partial charge in [0.05, 0.1) is 10.4 Å². The molecule has 1 heterocycles. The molecule has 0 aliphatic rings. The quantitative estimate of drug-likeness (QED) is 0.371. The van der Waals surface area contributed by atoms with E-state index in [1.807, 2.05) is 19.9 Å². The summed E-state index contributed by atoms with van der Waals surface area (Å²) in [6.07, 6.45) is 1.33. The van der Waals surface area contributed by atoms with E-state index < -0.39 is 26.0 Å². The summed E-state index contributed by atoms with van der Waals surface area (Å²) >= 11 is 6.09. The molecule has 0 N–H and O–H groups in total. The van der Waals surface area contributed by atoms with Gasteiger partial charge in [-0.15, -0.1) is 0 Å². The zero-order valence-electron chi connectivity index (χ0n) is 17.5. The van der Waals surface area contributed by atoms with E-state index in [2.05, 4.69) is 0 Å². The van der Waals surface area contributed by atoms with Crippen LogP contribution in [0.4, 0.5) is 4.39 Å². The lowest BCUT2D eigenvalue weighted by Crippen LogP contribution is -2.20. The van der Waals surface area contributed by atoms with Gasteiger partial charge in [0.2, 0.25) is 15.3 Å². The Morgan fingerprint density at radius 1 is 1.00 bits per heavy atom. The fourth-order valence-corrected chi connectivity index (χ4v) is 5.24. The smallest absolute Gasteiger partial charge is 0.211 e. The van der Waals surface area contributed by atoms with Crippen molar-refractivity contribution < 1.29 is 12.8 Å². The zero-order chi connectivity index (χ0) is 23.0. The molecule has 4 aromatic rings. The topological polar surface area (TPSA) is 56.1 Å². The Balaban J connectivity index is 1.92. The summed E-state index contributed by atoms with van der Waals surface area (Å²) in [4.78, 5) is 12.8. The number of nitrogens with zero attached hydrogens (tertiary/aromatic N) is 1. The van der Waals surface area contributed by atoms with Crippen molar-refractivity contribution in [2.75, 3.05) is 0 Å². The molecule has 7 heteroatoms. The molecule has 0 unspecified atom stereocenters. The largest absolute Gasteiger partial charge is 0.341 e. The zero-order valence-corrected chi connectivity index (χ0v) is 19.1. The predicted molar refractivity (Wildman–Crippen MR) is 125 cm³/mol. The van der Waals surface area contributed by atoms with Crippen LogP contribution in [0.2, 0.25) is 5.02 Å². The van der Waals surface area contributed by atoms with Crippen molar-refractivity contribution in [1.29, 1.82) is 0 Å². The van der Waals surface area contributed by atoms with Crippen molar-refractivity contribution in [2.45, 2.75) is 36.1 Å². The minimum absolute atomic E-state index is 0.00639. The predicted octanol–water partition coefficient (Wildman–Crippen LogP) is 5.80. The van der Waals surface area contributed by atoms with Crippen molar-refractivity contribution in [1.82, 2.24) is 4.57 Å². The second kappa shape index (κ2) is 8.52. The Kier molecular flexibility index (Phi) is 5.93. The van der Waals surface area contributed by atoms with Crippen LogP contribution in [0.1, 0.15) is 30.9 Å². The molecule has 1 aromatic heterocycles. The Morgan fingerprint density at radius 3 is 2.38 bits per heavy atom. The molecule has 0 fully saturated rings. The molecule has 0 aliphatic heterocycles. The first-order valence-corrected chi connectivity index (χ1v) is 11.9. The van der Waals surface area contributed by atoms with E-state index in [1.54, 1.807) is 34.9 Å². The summed E-state index contributed by atoms with van der Waals surface area (Å²) in [6, 6.07) is 17.4.